The van der Waals surface area contributed by atoms with Gasteiger partial charge in [0.2, 0.25) is 0 Å². The third-order valence-electron chi connectivity index (χ3n) is 4.31. The summed E-state index contributed by atoms with van der Waals surface area (Å²) in [6.07, 6.45) is 5.16. The first-order valence-corrected chi connectivity index (χ1v) is 7.85. The first-order valence-electron chi connectivity index (χ1n) is 7.05. The van der Waals surface area contributed by atoms with E-state index in [0.29, 0.717) is 18.8 Å². The van der Waals surface area contributed by atoms with Gasteiger partial charge >= 0.3 is 0 Å². The molecule has 3 rings (SSSR count). The first kappa shape index (κ1) is 13.3. The molecule has 0 bridgehead atoms. The molecule has 1 aliphatic carbocycles. The summed E-state index contributed by atoms with van der Waals surface area (Å²) >= 11 is 3.57. The Morgan fingerprint density at radius 1 is 1.26 bits per heavy atom. The fourth-order valence-corrected chi connectivity index (χ4v) is 3.42. The molecule has 4 heteroatoms. The summed E-state index contributed by atoms with van der Waals surface area (Å²) in [5.41, 5.74) is 1.62. The smallest absolute Gasteiger partial charge is 0.175 e. The van der Waals surface area contributed by atoms with Crippen molar-refractivity contribution in [1.82, 2.24) is 5.32 Å². The Labute approximate surface area is 122 Å². The summed E-state index contributed by atoms with van der Waals surface area (Å²) in [5.74, 6) is 1.69. The molecule has 0 unspecified atom stereocenters. The molecule has 1 saturated carbocycles. The van der Waals surface area contributed by atoms with Crippen LogP contribution < -0.4 is 14.8 Å². The van der Waals surface area contributed by atoms with Crippen molar-refractivity contribution < 1.29 is 9.47 Å². The largest absolute Gasteiger partial charge is 0.486 e. The molecule has 3 nitrogen and oxygen atoms in total. The molecule has 0 amide bonds. The van der Waals surface area contributed by atoms with Crippen LogP contribution in [0.5, 0.6) is 11.5 Å². The highest BCUT2D eigenvalue weighted by Gasteiger charge is 2.34. The molecule has 0 radical (unpaired) electrons. The second kappa shape index (κ2) is 5.33. The van der Waals surface area contributed by atoms with Crippen molar-refractivity contribution in [2.75, 3.05) is 13.2 Å². The SMILES string of the molecule is CCC1(NCc2cc(Br)c3c(c2)OCCO3)CCC1. The fourth-order valence-electron chi connectivity index (χ4n) is 2.81. The number of ether oxygens (including phenoxy) is 2. The summed E-state index contributed by atoms with van der Waals surface area (Å²) < 4.78 is 12.3. The Hall–Kier alpha value is -0.740. The van der Waals surface area contributed by atoms with Crippen LogP contribution in [0.1, 0.15) is 38.2 Å². The van der Waals surface area contributed by atoms with Gasteiger partial charge in [-0.1, -0.05) is 6.92 Å². The zero-order chi connectivity index (χ0) is 13.3. The van der Waals surface area contributed by atoms with Crippen molar-refractivity contribution >= 4 is 15.9 Å². The van der Waals surface area contributed by atoms with Crippen LogP contribution in [0.2, 0.25) is 0 Å². The van der Waals surface area contributed by atoms with Gasteiger partial charge in [-0.3, -0.25) is 0 Å². The van der Waals surface area contributed by atoms with E-state index in [1.54, 1.807) is 0 Å². The van der Waals surface area contributed by atoms with Crippen molar-refractivity contribution in [2.45, 2.75) is 44.7 Å². The van der Waals surface area contributed by atoms with Gasteiger partial charge in [0.05, 0.1) is 4.47 Å². The molecule has 1 aliphatic heterocycles. The molecule has 0 aromatic heterocycles. The highest BCUT2D eigenvalue weighted by atomic mass is 79.9. The van der Waals surface area contributed by atoms with Crippen molar-refractivity contribution in [3.05, 3.63) is 22.2 Å². The van der Waals surface area contributed by atoms with Gasteiger partial charge in [0.1, 0.15) is 13.2 Å². The number of hydrogen-bond acceptors (Lipinski definition) is 3. The van der Waals surface area contributed by atoms with E-state index in [1.807, 2.05) is 0 Å². The number of fused-ring (bicyclic) bond motifs is 1. The van der Waals surface area contributed by atoms with Gasteiger partial charge < -0.3 is 14.8 Å². The molecular weight excluding hydrogens is 306 g/mol. The predicted molar refractivity (Wildman–Crippen MR) is 78.8 cm³/mol. The third kappa shape index (κ3) is 2.61. The molecular formula is C15H20BrNO2. The molecule has 0 spiro atoms. The predicted octanol–water partition coefficient (Wildman–Crippen LogP) is 3.64. The molecule has 0 atom stereocenters. The highest BCUT2D eigenvalue weighted by molar-refractivity contribution is 9.10. The third-order valence-corrected chi connectivity index (χ3v) is 4.90. The Morgan fingerprint density at radius 2 is 2.05 bits per heavy atom. The number of rotatable bonds is 4. The number of halogens is 1. The lowest BCUT2D eigenvalue weighted by Crippen LogP contribution is -2.49. The van der Waals surface area contributed by atoms with Crippen LogP contribution in [0, 0.1) is 0 Å². The lowest BCUT2D eigenvalue weighted by Gasteiger charge is -2.42. The molecule has 1 aromatic carbocycles. The van der Waals surface area contributed by atoms with Crippen molar-refractivity contribution in [2.24, 2.45) is 0 Å². The van der Waals surface area contributed by atoms with Gasteiger partial charge in [-0.05, 0) is 59.3 Å². The maximum Gasteiger partial charge on any atom is 0.175 e. The molecule has 2 aliphatic rings. The monoisotopic (exact) mass is 325 g/mol. The van der Waals surface area contributed by atoms with Crippen molar-refractivity contribution in [3.63, 3.8) is 0 Å². The molecule has 19 heavy (non-hydrogen) atoms. The number of nitrogens with one attached hydrogen (secondary N) is 1. The number of benzene rings is 1. The quantitative estimate of drug-likeness (QED) is 0.916. The van der Waals surface area contributed by atoms with Gasteiger partial charge in [0.15, 0.2) is 11.5 Å². The van der Waals surface area contributed by atoms with Crippen molar-refractivity contribution in [3.8, 4) is 11.5 Å². The summed E-state index contributed by atoms with van der Waals surface area (Å²) in [7, 11) is 0. The first-order chi connectivity index (χ1) is 9.22. The van der Waals surface area contributed by atoms with Gasteiger partial charge in [-0.15, -0.1) is 0 Å². The van der Waals surface area contributed by atoms with Gasteiger partial charge in [0.25, 0.3) is 0 Å². The average molecular weight is 326 g/mol. The molecule has 1 aromatic rings. The minimum atomic E-state index is 0.375. The highest BCUT2D eigenvalue weighted by Crippen LogP contribution is 2.39. The topological polar surface area (TPSA) is 30.5 Å². The summed E-state index contributed by atoms with van der Waals surface area (Å²) in [5, 5.41) is 3.72. The molecule has 0 saturated heterocycles. The van der Waals surface area contributed by atoms with E-state index < -0.39 is 0 Å². The zero-order valence-corrected chi connectivity index (χ0v) is 12.9. The van der Waals surface area contributed by atoms with Crippen molar-refractivity contribution in [1.29, 1.82) is 0 Å². The Balaban J connectivity index is 1.73. The van der Waals surface area contributed by atoms with Crippen LogP contribution in [-0.4, -0.2) is 18.8 Å². The van der Waals surface area contributed by atoms with Gasteiger partial charge in [-0.2, -0.15) is 0 Å². The summed E-state index contributed by atoms with van der Waals surface area (Å²) in [6.45, 7) is 4.42. The average Bonchev–Trinajstić information content (AvgIpc) is 2.38. The van der Waals surface area contributed by atoms with E-state index in [0.717, 1.165) is 22.5 Å². The van der Waals surface area contributed by atoms with E-state index in [9.17, 15) is 0 Å². The van der Waals surface area contributed by atoms with Gasteiger partial charge in [0, 0.05) is 12.1 Å². The van der Waals surface area contributed by atoms with Crippen LogP contribution in [0.25, 0.3) is 0 Å². The Bertz CT molecular complexity index is 466. The number of hydrogen-bond donors (Lipinski definition) is 1. The summed E-state index contributed by atoms with van der Waals surface area (Å²) in [6, 6.07) is 4.22. The Morgan fingerprint density at radius 3 is 2.74 bits per heavy atom. The van der Waals surface area contributed by atoms with Crippen LogP contribution in [0.15, 0.2) is 16.6 Å². The molecule has 1 heterocycles. The van der Waals surface area contributed by atoms with Gasteiger partial charge in [-0.25, -0.2) is 0 Å². The van der Waals surface area contributed by atoms with Crippen LogP contribution >= 0.6 is 15.9 Å². The minimum absolute atomic E-state index is 0.375. The molecule has 1 fully saturated rings. The van der Waals surface area contributed by atoms with Crippen LogP contribution in [0.4, 0.5) is 0 Å². The lowest BCUT2D eigenvalue weighted by atomic mass is 9.75. The Kier molecular flexibility index (Phi) is 3.72. The standard InChI is InChI=1S/C15H20BrNO2/c1-2-15(4-3-5-15)17-10-11-8-12(16)14-13(9-11)18-6-7-19-14/h8-9,17H,2-7,10H2,1H3. The normalized spacial score (nSPS) is 19.9. The second-order valence-corrected chi connectivity index (χ2v) is 6.30. The maximum absolute atomic E-state index is 5.66. The lowest BCUT2D eigenvalue weighted by molar-refractivity contribution is 0.168. The van der Waals surface area contributed by atoms with E-state index in [-0.39, 0.29) is 0 Å². The fraction of sp³-hybridized carbons (Fsp3) is 0.600. The maximum atomic E-state index is 5.66. The van der Waals surface area contributed by atoms with Crippen LogP contribution in [0.3, 0.4) is 0 Å². The summed E-state index contributed by atoms with van der Waals surface area (Å²) in [4.78, 5) is 0. The molecule has 104 valence electrons. The van der Waals surface area contributed by atoms with E-state index in [4.69, 9.17) is 9.47 Å². The van der Waals surface area contributed by atoms with E-state index in [1.165, 1.54) is 31.2 Å². The minimum Gasteiger partial charge on any atom is -0.486 e. The van der Waals surface area contributed by atoms with E-state index >= 15 is 0 Å². The molecule has 1 N–H and O–H groups in total. The van der Waals surface area contributed by atoms with Crippen LogP contribution in [-0.2, 0) is 6.54 Å². The van der Waals surface area contributed by atoms with E-state index in [2.05, 4.69) is 40.3 Å². The zero-order valence-electron chi connectivity index (χ0n) is 11.3. The second-order valence-electron chi connectivity index (χ2n) is 5.44.